The second-order valence-corrected chi connectivity index (χ2v) is 7.07. The Labute approximate surface area is 150 Å². The monoisotopic (exact) mass is 349 g/mol. The first-order valence-electron chi connectivity index (χ1n) is 9.00. The molecule has 2 aromatic heterocycles. The van der Waals surface area contributed by atoms with Crippen LogP contribution in [-0.4, -0.2) is 25.6 Å². The predicted octanol–water partition coefficient (Wildman–Crippen LogP) is 3.01. The molecule has 1 unspecified atom stereocenters. The van der Waals surface area contributed by atoms with Crippen molar-refractivity contribution in [3.05, 3.63) is 48.4 Å². The number of benzene rings is 1. The van der Waals surface area contributed by atoms with Crippen LogP contribution in [0.4, 0.5) is 5.69 Å². The average molecular weight is 349 g/mol. The Kier molecular flexibility index (Phi) is 3.58. The molecule has 2 aliphatic rings. The number of carbonyl (C=O) groups is 1. The number of aryl methyl sites for hydroxylation is 1. The molecule has 5 rings (SSSR count). The van der Waals surface area contributed by atoms with E-state index in [0.717, 1.165) is 43.5 Å². The first kappa shape index (κ1) is 15.3. The summed E-state index contributed by atoms with van der Waals surface area (Å²) in [7, 11) is 0. The van der Waals surface area contributed by atoms with Crippen molar-refractivity contribution in [3.8, 4) is 11.4 Å². The lowest BCUT2D eigenvalue weighted by Gasteiger charge is -2.20. The molecule has 1 aromatic carbocycles. The van der Waals surface area contributed by atoms with Crippen LogP contribution < -0.4 is 5.32 Å². The van der Waals surface area contributed by atoms with Gasteiger partial charge < -0.3 is 14.4 Å². The number of aromatic nitrogens is 4. The molecular formula is C19H19N5O2. The Morgan fingerprint density at radius 2 is 2.19 bits per heavy atom. The lowest BCUT2D eigenvalue weighted by molar-refractivity contribution is -0.117. The number of anilines is 1. The van der Waals surface area contributed by atoms with Crippen molar-refractivity contribution in [3.63, 3.8) is 0 Å². The maximum Gasteiger partial charge on any atom is 0.230 e. The van der Waals surface area contributed by atoms with Gasteiger partial charge in [0.1, 0.15) is 0 Å². The predicted molar refractivity (Wildman–Crippen MR) is 94.4 cm³/mol. The van der Waals surface area contributed by atoms with Gasteiger partial charge in [0.15, 0.2) is 0 Å². The number of hydrogen-bond donors (Lipinski definition) is 1. The van der Waals surface area contributed by atoms with Crippen molar-refractivity contribution in [1.29, 1.82) is 0 Å². The summed E-state index contributed by atoms with van der Waals surface area (Å²) in [5.74, 6) is 1.71. The molecule has 0 saturated heterocycles. The van der Waals surface area contributed by atoms with E-state index in [1.807, 2.05) is 36.8 Å². The fourth-order valence-corrected chi connectivity index (χ4v) is 3.42. The smallest absolute Gasteiger partial charge is 0.230 e. The number of imidazole rings is 1. The minimum Gasteiger partial charge on any atom is -0.339 e. The summed E-state index contributed by atoms with van der Waals surface area (Å²) in [6.07, 6.45) is 7.56. The van der Waals surface area contributed by atoms with Crippen LogP contribution in [0.1, 0.15) is 36.8 Å². The zero-order chi connectivity index (χ0) is 17.5. The molecular weight excluding hydrogens is 330 g/mol. The van der Waals surface area contributed by atoms with Gasteiger partial charge in [-0.1, -0.05) is 17.3 Å². The second-order valence-electron chi connectivity index (χ2n) is 7.07. The summed E-state index contributed by atoms with van der Waals surface area (Å²) >= 11 is 0. The van der Waals surface area contributed by atoms with Crippen LogP contribution in [0.15, 0.2) is 41.3 Å². The molecule has 0 bridgehead atoms. The van der Waals surface area contributed by atoms with Gasteiger partial charge in [0, 0.05) is 47.9 Å². The van der Waals surface area contributed by atoms with Crippen molar-refractivity contribution >= 4 is 11.6 Å². The van der Waals surface area contributed by atoms with E-state index in [1.165, 1.54) is 5.69 Å². The van der Waals surface area contributed by atoms with Crippen LogP contribution in [0.25, 0.3) is 11.4 Å². The third kappa shape index (κ3) is 2.89. The van der Waals surface area contributed by atoms with Crippen molar-refractivity contribution < 1.29 is 9.32 Å². The Hall–Kier alpha value is -2.96. The minimum atomic E-state index is 0.0924. The van der Waals surface area contributed by atoms with Crippen LogP contribution in [0.2, 0.25) is 0 Å². The normalized spacial score (nSPS) is 19.2. The van der Waals surface area contributed by atoms with Gasteiger partial charge in [-0.15, -0.1) is 0 Å². The van der Waals surface area contributed by atoms with Crippen LogP contribution in [0.3, 0.4) is 0 Å². The maximum absolute atomic E-state index is 11.9. The largest absolute Gasteiger partial charge is 0.339 e. The summed E-state index contributed by atoms with van der Waals surface area (Å²) in [5.41, 5.74) is 2.81. The first-order valence-corrected chi connectivity index (χ1v) is 9.00. The molecule has 3 heterocycles. The molecule has 7 nitrogen and oxygen atoms in total. The van der Waals surface area contributed by atoms with E-state index in [4.69, 9.17) is 4.52 Å². The van der Waals surface area contributed by atoms with E-state index in [-0.39, 0.29) is 17.7 Å². The highest BCUT2D eigenvalue weighted by Crippen LogP contribution is 2.32. The molecule has 0 spiro atoms. The van der Waals surface area contributed by atoms with Crippen molar-refractivity contribution in [1.82, 2.24) is 19.7 Å². The Balaban J connectivity index is 1.34. The molecule has 1 amide bonds. The maximum atomic E-state index is 11.9. The molecule has 1 atom stereocenters. The van der Waals surface area contributed by atoms with Gasteiger partial charge in [-0.3, -0.25) is 4.79 Å². The molecule has 1 fully saturated rings. The van der Waals surface area contributed by atoms with Gasteiger partial charge in [0.05, 0.1) is 6.33 Å². The molecule has 1 aliphatic heterocycles. The summed E-state index contributed by atoms with van der Waals surface area (Å²) < 4.78 is 7.71. The minimum absolute atomic E-state index is 0.0924. The van der Waals surface area contributed by atoms with Crippen molar-refractivity contribution in [2.75, 3.05) is 5.32 Å². The standard InChI is InChI=1S/C19H19N5O2/c25-18(12-4-5-12)21-15-3-1-2-13(8-15)17-22-19(26-23-17)14-6-7-24-11-20-10-16(24)9-14/h1-3,8,10-12,14H,4-7,9H2,(H,21,25). The number of amides is 1. The fraction of sp³-hybridized carbons (Fsp3) is 0.368. The highest BCUT2D eigenvalue weighted by Gasteiger charge is 2.29. The van der Waals surface area contributed by atoms with Gasteiger partial charge >= 0.3 is 0 Å². The van der Waals surface area contributed by atoms with Gasteiger partial charge in [0.25, 0.3) is 0 Å². The number of fused-ring (bicyclic) bond motifs is 1. The summed E-state index contributed by atoms with van der Waals surface area (Å²) in [6, 6.07) is 7.60. The highest BCUT2D eigenvalue weighted by molar-refractivity contribution is 5.94. The van der Waals surface area contributed by atoms with E-state index in [0.29, 0.717) is 11.7 Å². The fourth-order valence-electron chi connectivity index (χ4n) is 3.42. The molecule has 3 aromatic rings. The molecule has 0 radical (unpaired) electrons. The van der Waals surface area contributed by atoms with Crippen LogP contribution in [0.5, 0.6) is 0 Å². The molecule has 26 heavy (non-hydrogen) atoms. The highest BCUT2D eigenvalue weighted by atomic mass is 16.5. The van der Waals surface area contributed by atoms with E-state index in [9.17, 15) is 4.79 Å². The SMILES string of the molecule is O=C(Nc1cccc(-c2noc(C3CCn4cncc4C3)n2)c1)C1CC1. The number of rotatable bonds is 4. The van der Waals surface area contributed by atoms with E-state index in [2.05, 4.69) is 25.0 Å². The Bertz CT molecular complexity index is 956. The lowest BCUT2D eigenvalue weighted by Crippen LogP contribution is -2.17. The molecule has 1 saturated carbocycles. The van der Waals surface area contributed by atoms with E-state index >= 15 is 0 Å². The number of carbonyl (C=O) groups excluding carboxylic acids is 1. The summed E-state index contributed by atoms with van der Waals surface area (Å²) in [4.78, 5) is 20.7. The molecule has 1 aliphatic carbocycles. The average Bonchev–Trinajstić information content (AvgIpc) is 3.21. The molecule has 132 valence electrons. The van der Waals surface area contributed by atoms with E-state index < -0.39 is 0 Å². The first-order chi connectivity index (χ1) is 12.8. The lowest BCUT2D eigenvalue weighted by atomic mass is 9.96. The summed E-state index contributed by atoms with van der Waals surface area (Å²) in [5, 5.41) is 7.11. The van der Waals surface area contributed by atoms with Gasteiger partial charge in [-0.25, -0.2) is 4.98 Å². The van der Waals surface area contributed by atoms with Crippen molar-refractivity contribution in [2.24, 2.45) is 5.92 Å². The van der Waals surface area contributed by atoms with Gasteiger partial charge in [-0.2, -0.15) is 4.98 Å². The van der Waals surface area contributed by atoms with Crippen molar-refractivity contribution in [2.45, 2.75) is 38.1 Å². The zero-order valence-electron chi connectivity index (χ0n) is 14.3. The van der Waals surface area contributed by atoms with Crippen LogP contribution >= 0.6 is 0 Å². The Morgan fingerprint density at radius 1 is 1.27 bits per heavy atom. The number of nitrogens with one attached hydrogen (secondary N) is 1. The third-order valence-corrected chi connectivity index (χ3v) is 5.10. The second kappa shape index (κ2) is 6.09. The van der Waals surface area contributed by atoms with E-state index in [1.54, 1.807) is 0 Å². The topological polar surface area (TPSA) is 85.8 Å². The number of nitrogens with zero attached hydrogens (tertiary/aromatic N) is 4. The molecule has 7 heteroatoms. The van der Waals surface area contributed by atoms with Gasteiger partial charge in [-0.05, 0) is 31.4 Å². The summed E-state index contributed by atoms with van der Waals surface area (Å²) in [6.45, 7) is 0.917. The third-order valence-electron chi connectivity index (χ3n) is 5.10. The zero-order valence-corrected chi connectivity index (χ0v) is 14.3. The number of hydrogen-bond acceptors (Lipinski definition) is 5. The van der Waals surface area contributed by atoms with Crippen LogP contribution in [-0.2, 0) is 17.8 Å². The Morgan fingerprint density at radius 3 is 3.08 bits per heavy atom. The van der Waals surface area contributed by atoms with Crippen LogP contribution in [0, 0.1) is 5.92 Å². The quantitative estimate of drug-likeness (QED) is 0.782. The van der Waals surface area contributed by atoms with Gasteiger partial charge in [0.2, 0.25) is 17.6 Å². The molecule has 1 N–H and O–H groups in total.